The zero-order chi connectivity index (χ0) is 11.4. The minimum absolute atomic E-state index is 0.144. The number of aromatic nitrogens is 1. The lowest BCUT2D eigenvalue weighted by Gasteiger charge is -2.27. The van der Waals surface area contributed by atoms with Crippen molar-refractivity contribution in [2.75, 3.05) is 6.61 Å². The summed E-state index contributed by atoms with van der Waals surface area (Å²) in [7, 11) is 0. The van der Waals surface area contributed by atoms with E-state index in [1.165, 1.54) is 37.0 Å². The predicted molar refractivity (Wildman–Crippen MR) is 69.9 cm³/mol. The molecule has 1 aromatic rings. The Labute approximate surface area is 109 Å². The molecule has 0 spiro atoms. The maximum absolute atomic E-state index is 6.35. The number of nitrogens with two attached hydrogens (primary N) is 1. The van der Waals surface area contributed by atoms with Gasteiger partial charge in [-0.3, -0.25) is 0 Å². The van der Waals surface area contributed by atoms with E-state index in [4.69, 9.17) is 10.5 Å². The van der Waals surface area contributed by atoms with Gasteiger partial charge < -0.3 is 10.5 Å². The Morgan fingerprint density at radius 3 is 2.62 bits per heavy atom. The molecule has 1 aliphatic rings. The van der Waals surface area contributed by atoms with E-state index in [-0.39, 0.29) is 5.54 Å². The normalized spacial score (nSPS) is 20.4. The zero-order valence-corrected chi connectivity index (χ0v) is 11.6. The van der Waals surface area contributed by atoms with Crippen LogP contribution in [-0.2, 0) is 0 Å². The first-order chi connectivity index (χ1) is 7.68. The van der Waals surface area contributed by atoms with Crippen LogP contribution in [0, 0.1) is 0 Å². The standard InChI is InChI=1S/C11H17BrN2OS/c12-9-7-16-10(14-9)15-8-11(13)5-3-1-2-4-6-11/h7H,1-6,8,13H2. The SMILES string of the molecule is NC1(COc2nc(Br)cs2)CCCCCC1. The fourth-order valence-electron chi connectivity index (χ4n) is 2.09. The van der Waals surface area contributed by atoms with Crippen molar-refractivity contribution in [2.24, 2.45) is 5.73 Å². The second-order valence-electron chi connectivity index (χ2n) is 4.50. The quantitative estimate of drug-likeness (QED) is 0.871. The molecule has 0 aromatic carbocycles. The topological polar surface area (TPSA) is 48.1 Å². The van der Waals surface area contributed by atoms with Gasteiger partial charge in [0.15, 0.2) is 0 Å². The monoisotopic (exact) mass is 304 g/mol. The van der Waals surface area contributed by atoms with Gasteiger partial charge in [0.25, 0.3) is 5.19 Å². The van der Waals surface area contributed by atoms with E-state index in [0.717, 1.165) is 17.4 Å². The Kier molecular flexibility index (Phi) is 4.21. The second kappa shape index (κ2) is 5.47. The van der Waals surface area contributed by atoms with E-state index in [0.29, 0.717) is 11.8 Å². The number of hydrogen-bond donors (Lipinski definition) is 1. The van der Waals surface area contributed by atoms with Crippen LogP contribution in [-0.4, -0.2) is 17.1 Å². The molecule has 0 saturated heterocycles. The summed E-state index contributed by atoms with van der Waals surface area (Å²) in [4.78, 5) is 4.21. The molecule has 1 aromatic heterocycles. The Hall–Kier alpha value is -0.130. The van der Waals surface area contributed by atoms with Crippen molar-refractivity contribution < 1.29 is 4.74 Å². The van der Waals surface area contributed by atoms with E-state index >= 15 is 0 Å². The van der Waals surface area contributed by atoms with Crippen LogP contribution in [0.25, 0.3) is 0 Å². The summed E-state index contributed by atoms with van der Waals surface area (Å²) >= 11 is 4.82. The van der Waals surface area contributed by atoms with Gasteiger partial charge in [0.1, 0.15) is 11.2 Å². The van der Waals surface area contributed by atoms with Crippen molar-refractivity contribution >= 4 is 27.3 Å². The molecular weight excluding hydrogens is 288 g/mol. The predicted octanol–water partition coefficient (Wildman–Crippen LogP) is 3.34. The minimum atomic E-state index is -0.144. The fourth-order valence-corrected chi connectivity index (χ4v) is 3.18. The highest BCUT2D eigenvalue weighted by molar-refractivity contribution is 9.10. The molecule has 1 heterocycles. The van der Waals surface area contributed by atoms with E-state index in [9.17, 15) is 0 Å². The largest absolute Gasteiger partial charge is 0.468 e. The average molecular weight is 305 g/mol. The second-order valence-corrected chi connectivity index (χ2v) is 6.13. The maximum atomic E-state index is 6.35. The number of nitrogens with zero attached hydrogens (tertiary/aromatic N) is 1. The lowest BCUT2D eigenvalue weighted by atomic mass is 9.93. The van der Waals surface area contributed by atoms with Gasteiger partial charge in [-0.2, -0.15) is 4.98 Å². The van der Waals surface area contributed by atoms with E-state index in [1.807, 2.05) is 5.38 Å². The summed E-state index contributed by atoms with van der Waals surface area (Å²) in [6.45, 7) is 0.590. The van der Waals surface area contributed by atoms with Gasteiger partial charge >= 0.3 is 0 Å². The molecule has 90 valence electrons. The molecule has 1 aliphatic carbocycles. The lowest BCUT2D eigenvalue weighted by Crippen LogP contribution is -2.45. The molecule has 2 rings (SSSR count). The Bertz CT molecular complexity index is 334. The number of halogens is 1. The maximum Gasteiger partial charge on any atom is 0.274 e. The third-order valence-corrected chi connectivity index (χ3v) is 4.50. The molecule has 1 fully saturated rings. The van der Waals surface area contributed by atoms with Crippen LogP contribution >= 0.6 is 27.3 Å². The highest BCUT2D eigenvalue weighted by Crippen LogP contribution is 2.27. The molecule has 0 radical (unpaired) electrons. The average Bonchev–Trinajstić information content (AvgIpc) is 2.54. The van der Waals surface area contributed by atoms with Crippen LogP contribution < -0.4 is 10.5 Å². The first kappa shape index (κ1) is 12.3. The molecule has 2 N–H and O–H groups in total. The van der Waals surface area contributed by atoms with Gasteiger partial charge in [-0.15, -0.1) is 0 Å². The van der Waals surface area contributed by atoms with Crippen molar-refractivity contribution in [3.8, 4) is 5.19 Å². The lowest BCUT2D eigenvalue weighted by molar-refractivity contribution is 0.199. The zero-order valence-electron chi connectivity index (χ0n) is 9.25. The molecule has 1 saturated carbocycles. The van der Waals surface area contributed by atoms with Crippen LogP contribution in [0.3, 0.4) is 0 Å². The van der Waals surface area contributed by atoms with Gasteiger partial charge in [0.2, 0.25) is 0 Å². The highest BCUT2D eigenvalue weighted by atomic mass is 79.9. The third kappa shape index (κ3) is 3.43. The summed E-state index contributed by atoms with van der Waals surface area (Å²) in [5, 5.41) is 2.63. The number of ether oxygens (including phenoxy) is 1. The third-order valence-electron chi connectivity index (χ3n) is 3.04. The van der Waals surface area contributed by atoms with E-state index < -0.39 is 0 Å². The fraction of sp³-hybridized carbons (Fsp3) is 0.727. The minimum Gasteiger partial charge on any atom is -0.468 e. The van der Waals surface area contributed by atoms with Gasteiger partial charge in [-0.25, -0.2) is 0 Å². The first-order valence-electron chi connectivity index (χ1n) is 5.71. The molecule has 0 unspecified atom stereocenters. The first-order valence-corrected chi connectivity index (χ1v) is 7.38. The van der Waals surface area contributed by atoms with Crippen molar-refractivity contribution in [2.45, 2.75) is 44.1 Å². The Morgan fingerprint density at radius 2 is 2.06 bits per heavy atom. The van der Waals surface area contributed by atoms with Crippen molar-refractivity contribution in [3.05, 3.63) is 9.98 Å². The molecule has 16 heavy (non-hydrogen) atoms. The number of hydrogen-bond acceptors (Lipinski definition) is 4. The summed E-state index contributed by atoms with van der Waals surface area (Å²) in [6.07, 6.45) is 7.20. The van der Waals surface area contributed by atoms with Crippen molar-refractivity contribution in [1.82, 2.24) is 4.98 Å². The van der Waals surface area contributed by atoms with Gasteiger partial charge in [-0.05, 0) is 28.8 Å². The van der Waals surface area contributed by atoms with Crippen molar-refractivity contribution in [1.29, 1.82) is 0 Å². The van der Waals surface area contributed by atoms with Crippen molar-refractivity contribution in [3.63, 3.8) is 0 Å². The molecule has 0 aliphatic heterocycles. The van der Waals surface area contributed by atoms with Crippen LogP contribution in [0.5, 0.6) is 5.19 Å². The smallest absolute Gasteiger partial charge is 0.274 e. The summed E-state index contributed by atoms with van der Waals surface area (Å²) in [6, 6.07) is 0. The number of thiazole rings is 1. The van der Waals surface area contributed by atoms with Gasteiger partial charge in [0.05, 0.1) is 5.54 Å². The number of rotatable bonds is 3. The summed E-state index contributed by atoms with van der Waals surface area (Å²) in [5.74, 6) is 0. The molecule has 3 nitrogen and oxygen atoms in total. The van der Waals surface area contributed by atoms with Crippen LogP contribution in [0.15, 0.2) is 9.98 Å². The van der Waals surface area contributed by atoms with E-state index in [2.05, 4.69) is 20.9 Å². The Morgan fingerprint density at radius 1 is 1.38 bits per heavy atom. The van der Waals surface area contributed by atoms with Gasteiger partial charge in [0, 0.05) is 5.38 Å². The summed E-state index contributed by atoms with van der Waals surface area (Å²) < 4.78 is 6.51. The Balaban J connectivity index is 1.87. The van der Waals surface area contributed by atoms with Crippen LogP contribution in [0.2, 0.25) is 0 Å². The van der Waals surface area contributed by atoms with Gasteiger partial charge in [-0.1, -0.05) is 37.0 Å². The molecular formula is C11H17BrN2OS. The highest BCUT2D eigenvalue weighted by Gasteiger charge is 2.27. The van der Waals surface area contributed by atoms with Crippen LogP contribution in [0.4, 0.5) is 0 Å². The van der Waals surface area contributed by atoms with Crippen LogP contribution in [0.1, 0.15) is 38.5 Å². The van der Waals surface area contributed by atoms with E-state index in [1.54, 1.807) is 0 Å². The molecule has 0 atom stereocenters. The summed E-state index contributed by atoms with van der Waals surface area (Å²) in [5.41, 5.74) is 6.21. The molecule has 5 heteroatoms. The molecule has 0 bridgehead atoms. The molecule has 0 amide bonds.